The van der Waals surface area contributed by atoms with Crippen LogP contribution in [0, 0.1) is 0 Å². The van der Waals surface area contributed by atoms with Crippen LogP contribution in [0.4, 0.5) is 0 Å². The van der Waals surface area contributed by atoms with Crippen molar-refractivity contribution in [2.45, 2.75) is 6.92 Å². The summed E-state index contributed by atoms with van der Waals surface area (Å²) in [5.74, 6) is -0.0275. The lowest BCUT2D eigenvalue weighted by molar-refractivity contribution is 0.101. The normalized spacial score (nSPS) is 10.8. The van der Waals surface area contributed by atoms with Crippen LogP contribution in [0.2, 0.25) is 0 Å². The molecule has 0 fully saturated rings. The van der Waals surface area contributed by atoms with Crippen molar-refractivity contribution in [1.82, 2.24) is 0 Å². The van der Waals surface area contributed by atoms with Gasteiger partial charge >= 0.3 is 0 Å². The van der Waals surface area contributed by atoms with Gasteiger partial charge in [-0.2, -0.15) is 0 Å². The zero-order valence-electron chi connectivity index (χ0n) is 10.5. The van der Waals surface area contributed by atoms with Gasteiger partial charge in [0.1, 0.15) is 0 Å². The number of hydrogen-bond donors (Lipinski definition) is 0. The predicted octanol–water partition coefficient (Wildman–Crippen LogP) is 3.56. The van der Waals surface area contributed by atoms with Crippen LogP contribution < -0.4 is 5.43 Å². The molecule has 0 radical (unpaired) electrons. The summed E-state index contributed by atoms with van der Waals surface area (Å²) < 4.78 is 0. The molecule has 92 valence electrons. The highest BCUT2D eigenvalue weighted by Gasteiger charge is 2.07. The molecule has 0 aromatic heterocycles. The molecule has 0 N–H and O–H groups in total. The minimum Gasteiger partial charge on any atom is -0.294 e. The lowest BCUT2D eigenvalue weighted by Gasteiger charge is -1.98. The van der Waals surface area contributed by atoms with Gasteiger partial charge in [0.05, 0.1) is 0 Å². The third kappa shape index (κ3) is 1.82. The molecule has 0 spiro atoms. The number of carbonyl (C=O) groups excluding carboxylic acids is 1. The van der Waals surface area contributed by atoms with E-state index in [1.807, 2.05) is 36.4 Å². The highest BCUT2D eigenvalue weighted by atomic mass is 16.1. The van der Waals surface area contributed by atoms with E-state index >= 15 is 0 Å². The lowest BCUT2D eigenvalue weighted by atomic mass is 10.0. The Morgan fingerprint density at radius 2 is 1.53 bits per heavy atom. The maximum absolute atomic E-state index is 12.6. The Balaban J connectivity index is 2.62. The Kier molecular flexibility index (Phi) is 2.64. The molecule has 0 aliphatic heterocycles. The van der Waals surface area contributed by atoms with Crippen LogP contribution >= 0.6 is 0 Å². The van der Waals surface area contributed by atoms with E-state index in [0.717, 1.165) is 10.8 Å². The molecule has 3 aromatic carbocycles. The Morgan fingerprint density at radius 1 is 0.789 bits per heavy atom. The molecule has 3 aromatic rings. The Bertz CT molecular complexity index is 863. The van der Waals surface area contributed by atoms with Crippen molar-refractivity contribution in [3.05, 3.63) is 70.4 Å². The van der Waals surface area contributed by atoms with E-state index in [1.54, 1.807) is 18.2 Å². The van der Waals surface area contributed by atoms with Crippen molar-refractivity contribution in [3.8, 4) is 0 Å². The molecule has 0 saturated carbocycles. The van der Waals surface area contributed by atoms with E-state index < -0.39 is 0 Å². The summed E-state index contributed by atoms with van der Waals surface area (Å²) in [6.45, 7) is 1.52. The third-order valence-corrected chi connectivity index (χ3v) is 3.37. The molecule has 19 heavy (non-hydrogen) atoms. The maximum Gasteiger partial charge on any atom is 0.194 e. The molecule has 3 rings (SSSR count). The lowest BCUT2D eigenvalue weighted by Crippen LogP contribution is -2.00. The van der Waals surface area contributed by atoms with Gasteiger partial charge in [-0.15, -0.1) is 0 Å². The van der Waals surface area contributed by atoms with Gasteiger partial charge in [0.15, 0.2) is 11.2 Å². The highest BCUT2D eigenvalue weighted by molar-refractivity contribution is 6.08. The van der Waals surface area contributed by atoms with Gasteiger partial charge in [-0.25, -0.2) is 0 Å². The van der Waals surface area contributed by atoms with E-state index in [0.29, 0.717) is 16.3 Å². The summed E-state index contributed by atoms with van der Waals surface area (Å²) in [7, 11) is 0. The molecule has 0 amide bonds. The number of fused-ring (bicyclic) bond motifs is 2. The minimum absolute atomic E-state index is 0.0275. The summed E-state index contributed by atoms with van der Waals surface area (Å²) in [5, 5.41) is 2.88. The van der Waals surface area contributed by atoms with Crippen LogP contribution in [0.1, 0.15) is 17.3 Å². The zero-order valence-corrected chi connectivity index (χ0v) is 10.5. The number of hydrogen-bond acceptors (Lipinski definition) is 2. The SMILES string of the molecule is CC(=O)c1cccc2c(=O)c3ccccc3ccc12. The quantitative estimate of drug-likeness (QED) is 0.617. The number of Topliss-reactive ketones (excluding diaryl/α,β-unsaturated/α-hetero) is 1. The first-order valence-electron chi connectivity index (χ1n) is 6.14. The van der Waals surface area contributed by atoms with Crippen molar-refractivity contribution in [1.29, 1.82) is 0 Å². The number of ketones is 1. The highest BCUT2D eigenvalue weighted by Crippen LogP contribution is 2.19. The van der Waals surface area contributed by atoms with Gasteiger partial charge in [0.25, 0.3) is 0 Å². The Morgan fingerprint density at radius 3 is 2.32 bits per heavy atom. The first-order chi connectivity index (χ1) is 9.18. The van der Waals surface area contributed by atoms with Crippen LogP contribution in [-0.2, 0) is 0 Å². The summed E-state index contributed by atoms with van der Waals surface area (Å²) in [5.41, 5.74) is 0.564. The predicted molar refractivity (Wildman–Crippen MR) is 77.7 cm³/mol. The van der Waals surface area contributed by atoms with Crippen LogP contribution in [-0.4, -0.2) is 5.78 Å². The molecule has 0 saturated heterocycles. The average Bonchev–Trinajstić information content (AvgIpc) is 2.57. The monoisotopic (exact) mass is 248 g/mol. The molecule has 2 nitrogen and oxygen atoms in total. The first-order valence-corrected chi connectivity index (χ1v) is 6.14. The number of carbonyl (C=O) groups is 1. The second-order valence-electron chi connectivity index (χ2n) is 4.57. The summed E-state index contributed by atoms with van der Waals surface area (Å²) in [6, 6.07) is 16.5. The maximum atomic E-state index is 12.6. The van der Waals surface area contributed by atoms with E-state index in [2.05, 4.69) is 0 Å². The molecular weight excluding hydrogens is 236 g/mol. The summed E-state index contributed by atoms with van der Waals surface area (Å²) >= 11 is 0. The minimum atomic E-state index is -0.0290. The van der Waals surface area contributed by atoms with E-state index in [1.165, 1.54) is 6.92 Å². The largest absolute Gasteiger partial charge is 0.294 e. The standard InChI is InChI=1S/C17H12O2/c1-11(18)13-7-4-8-16-15(13)10-9-12-5-2-3-6-14(12)17(16)19/h2-10H,1H3. The molecular formula is C17H12O2. The second kappa shape index (κ2) is 4.32. The fourth-order valence-electron chi connectivity index (χ4n) is 2.42. The van der Waals surface area contributed by atoms with Gasteiger partial charge in [-0.3, -0.25) is 9.59 Å². The van der Waals surface area contributed by atoms with E-state index in [9.17, 15) is 9.59 Å². The second-order valence-corrected chi connectivity index (χ2v) is 4.57. The van der Waals surface area contributed by atoms with Gasteiger partial charge in [-0.05, 0) is 17.7 Å². The number of rotatable bonds is 1. The van der Waals surface area contributed by atoms with E-state index in [4.69, 9.17) is 0 Å². The van der Waals surface area contributed by atoms with Crippen molar-refractivity contribution >= 4 is 27.3 Å². The molecule has 0 atom stereocenters. The van der Waals surface area contributed by atoms with Gasteiger partial charge in [0, 0.05) is 16.3 Å². The van der Waals surface area contributed by atoms with Crippen LogP contribution in [0.15, 0.2) is 59.4 Å². The third-order valence-electron chi connectivity index (χ3n) is 3.37. The number of benzene rings is 2. The van der Waals surface area contributed by atoms with Gasteiger partial charge < -0.3 is 0 Å². The fraction of sp³-hybridized carbons (Fsp3) is 0.0588. The zero-order chi connectivity index (χ0) is 13.4. The van der Waals surface area contributed by atoms with Crippen LogP contribution in [0.25, 0.3) is 21.5 Å². The Labute approximate surface area is 110 Å². The van der Waals surface area contributed by atoms with Gasteiger partial charge in [0.2, 0.25) is 0 Å². The molecule has 0 heterocycles. The Hall–Kier alpha value is -2.48. The molecule has 2 heteroatoms. The fourth-order valence-corrected chi connectivity index (χ4v) is 2.42. The molecule has 0 bridgehead atoms. The van der Waals surface area contributed by atoms with Crippen molar-refractivity contribution < 1.29 is 4.79 Å². The summed E-state index contributed by atoms with van der Waals surface area (Å²) in [6.07, 6.45) is 0. The van der Waals surface area contributed by atoms with Crippen LogP contribution in [0.3, 0.4) is 0 Å². The first kappa shape index (κ1) is 11.6. The smallest absolute Gasteiger partial charge is 0.194 e. The van der Waals surface area contributed by atoms with Crippen molar-refractivity contribution in [2.24, 2.45) is 0 Å². The topological polar surface area (TPSA) is 34.1 Å². The summed E-state index contributed by atoms with van der Waals surface area (Å²) in [4.78, 5) is 24.2. The molecule has 0 aliphatic rings. The average molecular weight is 248 g/mol. The molecule has 0 unspecified atom stereocenters. The van der Waals surface area contributed by atoms with Crippen molar-refractivity contribution in [2.75, 3.05) is 0 Å². The van der Waals surface area contributed by atoms with E-state index in [-0.39, 0.29) is 11.2 Å². The van der Waals surface area contributed by atoms with Crippen molar-refractivity contribution in [3.63, 3.8) is 0 Å². The van der Waals surface area contributed by atoms with Gasteiger partial charge in [-0.1, -0.05) is 54.6 Å². The van der Waals surface area contributed by atoms with Crippen LogP contribution in [0.5, 0.6) is 0 Å². The molecule has 0 aliphatic carbocycles.